The average Bonchev–Trinajstić information content (AvgIpc) is 2.82. The Kier molecular flexibility index (Phi) is 5.01. The van der Waals surface area contributed by atoms with Crippen LogP contribution in [0.25, 0.3) is 0 Å². The molecular weight excluding hydrogens is 226 g/mol. The number of piperidine rings is 1. The van der Waals surface area contributed by atoms with Crippen molar-refractivity contribution >= 4 is 5.91 Å². The van der Waals surface area contributed by atoms with Crippen molar-refractivity contribution < 1.29 is 4.79 Å². The van der Waals surface area contributed by atoms with Gasteiger partial charge in [0.1, 0.15) is 0 Å². The van der Waals surface area contributed by atoms with Crippen LogP contribution in [0.5, 0.6) is 0 Å². The fourth-order valence-corrected chi connectivity index (χ4v) is 3.13. The molecule has 0 aromatic rings. The van der Waals surface area contributed by atoms with Gasteiger partial charge in [0.25, 0.3) is 0 Å². The molecular formula is C14H27N3O. The molecule has 0 radical (unpaired) electrons. The fraction of sp³-hybridized carbons (Fsp3) is 0.929. The number of nitrogens with one attached hydrogen (secondary N) is 2. The molecule has 18 heavy (non-hydrogen) atoms. The Bertz CT molecular complexity index is 276. The van der Waals surface area contributed by atoms with E-state index >= 15 is 0 Å². The molecule has 4 heteroatoms. The topological polar surface area (TPSA) is 44.4 Å². The molecule has 2 rings (SSSR count). The Labute approximate surface area is 110 Å². The molecule has 0 bridgehead atoms. The molecule has 4 nitrogen and oxygen atoms in total. The van der Waals surface area contributed by atoms with Crippen LogP contribution < -0.4 is 10.6 Å². The summed E-state index contributed by atoms with van der Waals surface area (Å²) in [4.78, 5) is 14.6. The van der Waals surface area contributed by atoms with Gasteiger partial charge in [-0.3, -0.25) is 4.79 Å². The van der Waals surface area contributed by atoms with Gasteiger partial charge in [-0.05, 0) is 58.2 Å². The summed E-state index contributed by atoms with van der Waals surface area (Å²) < 4.78 is 0. The lowest BCUT2D eigenvalue weighted by Gasteiger charge is -2.30. The smallest absolute Gasteiger partial charge is 0.237 e. The van der Waals surface area contributed by atoms with Crippen LogP contribution in [0.1, 0.15) is 39.5 Å². The van der Waals surface area contributed by atoms with E-state index in [-0.39, 0.29) is 18.0 Å². The minimum absolute atomic E-state index is 0.0137. The van der Waals surface area contributed by atoms with Crippen LogP contribution in [0.3, 0.4) is 0 Å². The Hall–Kier alpha value is -0.610. The highest BCUT2D eigenvalue weighted by molar-refractivity contribution is 5.82. The zero-order valence-electron chi connectivity index (χ0n) is 11.7. The van der Waals surface area contributed by atoms with Crippen molar-refractivity contribution in [3.63, 3.8) is 0 Å². The lowest BCUT2D eigenvalue weighted by Crippen LogP contribution is -2.54. The Morgan fingerprint density at radius 3 is 2.78 bits per heavy atom. The van der Waals surface area contributed by atoms with Gasteiger partial charge in [-0.15, -0.1) is 0 Å². The zero-order valence-corrected chi connectivity index (χ0v) is 11.7. The van der Waals surface area contributed by atoms with E-state index in [2.05, 4.69) is 29.4 Å². The normalized spacial score (nSPS) is 31.2. The number of likely N-dealkylation sites (tertiary alicyclic amines) is 1. The third kappa shape index (κ3) is 3.69. The second kappa shape index (κ2) is 6.53. The summed E-state index contributed by atoms with van der Waals surface area (Å²) in [6.07, 6.45) is 4.96. The third-order valence-electron chi connectivity index (χ3n) is 4.17. The van der Waals surface area contributed by atoms with E-state index in [1.54, 1.807) is 0 Å². The molecule has 0 aromatic carbocycles. The summed E-state index contributed by atoms with van der Waals surface area (Å²) in [5, 5.41) is 6.51. The van der Waals surface area contributed by atoms with Gasteiger partial charge in [-0.25, -0.2) is 0 Å². The molecule has 3 unspecified atom stereocenters. The van der Waals surface area contributed by atoms with Gasteiger partial charge in [0.15, 0.2) is 0 Å². The van der Waals surface area contributed by atoms with Crippen molar-refractivity contribution in [2.24, 2.45) is 5.92 Å². The van der Waals surface area contributed by atoms with Crippen LogP contribution in [0.4, 0.5) is 0 Å². The zero-order chi connectivity index (χ0) is 13.0. The number of rotatable bonds is 4. The summed E-state index contributed by atoms with van der Waals surface area (Å²) >= 11 is 0. The van der Waals surface area contributed by atoms with Crippen molar-refractivity contribution in [2.75, 3.05) is 26.2 Å². The van der Waals surface area contributed by atoms with E-state index in [1.165, 1.54) is 32.4 Å². The summed E-state index contributed by atoms with van der Waals surface area (Å²) in [6, 6.07) is 0.270. The van der Waals surface area contributed by atoms with Gasteiger partial charge in [0.05, 0.1) is 6.04 Å². The van der Waals surface area contributed by atoms with Gasteiger partial charge >= 0.3 is 0 Å². The van der Waals surface area contributed by atoms with Crippen LogP contribution in [0.2, 0.25) is 0 Å². The van der Waals surface area contributed by atoms with Crippen molar-refractivity contribution in [3.05, 3.63) is 0 Å². The summed E-state index contributed by atoms with van der Waals surface area (Å²) in [7, 11) is 0. The molecule has 2 fully saturated rings. The van der Waals surface area contributed by atoms with Crippen molar-refractivity contribution in [3.8, 4) is 0 Å². The predicted molar refractivity (Wildman–Crippen MR) is 73.5 cm³/mol. The third-order valence-corrected chi connectivity index (χ3v) is 4.17. The van der Waals surface area contributed by atoms with Gasteiger partial charge in [-0.2, -0.15) is 0 Å². The summed E-state index contributed by atoms with van der Waals surface area (Å²) in [6.45, 7) is 8.64. The number of carbonyl (C=O) groups is 1. The predicted octanol–water partition coefficient (Wildman–Crippen LogP) is 0.975. The van der Waals surface area contributed by atoms with E-state index in [1.807, 2.05) is 0 Å². The minimum Gasteiger partial charge on any atom is -0.351 e. The Morgan fingerprint density at radius 2 is 2.11 bits per heavy atom. The van der Waals surface area contributed by atoms with E-state index in [9.17, 15) is 4.79 Å². The average molecular weight is 253 g/mol. The molecule has 0 aliphatic carbocycles. The van der Waals surface area contributed by atoms with Gasteiger partial charge in [0.2, 0.25) is 5.91 Å². The van der Waals surface area contributed by atoms with Gasteiger partial charge < -0.3 is 15.5 Å². The first-order valence-corrected chi connectivity index (χ1v) is 7.43. The molecule has 0 saturated carbocycles. The second-order valence-corrected chi connectivity index (χ2v) is 5.97. The van der Waals surface area contributed by atoms with Crippen molar-refractivity contribution in [1.29, 1.82) is 0 Å². The fourth-order valence-electron chi connectivity index (χ4n) is 3.13. The number of hydrogen-bond donors (Lipinski definition) is 2. The molecule has 2 saturated heterocycles. The monoisotopic (exact) mass is 253 g/mol. The molecule has 0 spiro atoms. The van der Waals surface area contributed by atoms with E-state index in [0.717, 1.165) is 19.5 Å². The van der Waals surface area contributed by atoms with Crippen LogP contribution >= 0.6 is 0 Å². The summed E-state index contributed by atoms with van der Waals surface area (Å²) in [5.41, 5.74) is 0. The van der Waals surface area contributed by atoms with Crippen LogP contribution in [-0.2, 0) is 4.79 Å². The quantitative estimate of drug-likeness (QED) is 0.785. The van der Waals surface area contributed by atoms with Gasteiger partial charge in [-0.1, -0.05) is 6.92 Å². The summed E-state index contributed by atoms with van der Waals surface area (Å²) in [5.74, 6) is 0.645. The maximum atomic E-state index is 12.2. The van der Waals surface area contributed by atoms with E-state index < -0.39 is 0 Å². The minimum atomic E-state index is 0.0137. The van der Waals surface area contributed by atoms with Crippen LogP contribution in [0, 0.1) is 5.92 Å². The first-order valence-electron chi connectivity index (χ1n) is 7.43. The van der Waals surface area contributed by atoms with E-state index in [0.29, 0.717) is 5.92 Å². The first-order chi connectivity index (χ1) is 8.66. The maximum Gasteiger partial charge on any atom is 0.237 e. The number of amides is 1. The number of hydrogen-bond acceptors (Lipinski definition) is 3. The molecule has 104 valence electrons. The van der Waals surface area contributed by atoms with E-state index in [4.69, 9.17) is 0 Å². The second-order valence-electron chi connectivity index (χ2n) is 5.97. The van der Waals surface area contributed by atoms with Crippen LogP contribution in [-0.4, -0.2) is 49.1 Å². The molecule has 1 amide bonds. The number of nitrogens with zero attached hydrogens (tertiary/aromatic N) is 1. The molecule has 2 N–H and O–H groups in total. The Morgan fingerprint density at radius 1 is 1.39 bits per heavy atom. The standard InChI is InChI=1S/C14H27N3O/c1-11-6-5-7-15-13(11)14(18)16-12(2)10-17-8-3-4-9-17/h11-13,15H,3-10H2,1-2H3,(H,16,18). The highest BCUT2D eigenvalue weighted by Gasteiger charge is 2.28. The molecule has 3 atom stereocenters. The lowest BCUT2D eigenvalue weighted by atomic mass is 9.92. The molecule has 2 heterocycles. The maximum absolute atomic E-state index is 12.2. The van der Waals surface area contributed by atoms with Crippen molar-refractivity contribution in [2.45, 2.75) is 51.6 Å². The highest BCUT2D eigenvalue weighted by Crippen LogP contribution is 2.15. The first kappa shape index (κ1) is 13.8. The largest absolute Gasteiger partial charge is 0.351 e. The lowest BCUT2D eigenvalue weighted by molar-refractivity contribution is -0.125. The molecule has 2 aliphatic rings. The Balaban J connectivity index is 1.75. The SMILES string of the molecule is CC(CN1CCCC1)NC(=O)C1NCCCC1C. The number of carbonyl (C=O) groups excluding carboxylic acids is 1. The van der Waals surface area contributed by atoms with Crippen molar-refractivity contribution in [1.82, 2.24) is 15.5 Å². The van der Waals surface area contributed by atoms with Crippen LogP contribution in [0.15, 0.2) is 0 Å². The van der Waals surface area contributed by atoms with Gasteiger partial charge in [0, 0.05) is 12.6 Å². The highest BCUT2D eigenvalue weighted by atomic mass is 16.2. The molecule has 0 aromatic heterocycles. The molecule has 2 aliphatic heterocycles.